The van der Waals surface area contributed by atoms with E-state index >= 15 is 0 Å². The van der Waals surface area contributed by atoms with Crippen LogP contribution in [0.3, 0.4) is 0 Å². The van der Waals surface area contributed by atoms with Crippen LogP contribution in [0.1, 0.15) is 5.56 Å². The first kappa shape index (κ1) is 10.6. The zero-order chi connectivity index (χ0) is 13.4. The van der Waals surface area contributed by atoms with Crippen LogP contribution in [0, 0.1) is 6.92 Å². The molecule has 2 nitrogen and oxygen atoms in total. The maximum absolute atomic E-state index is 2.34. The highest BCUT2D eigenvalue weighted by Crippen LogP contribution is 2.41. The molecule has 20 heavy (non-hydrogen) atoms. The predicted molar refractivity (Wildman–Crippen MR) is 84.9 cm³/mol. The summed E-state index contributed by atoms with van der Waals surface area (Å²) in [5, 5.41) is 2.82. The smallest absolute Gasteiger partial charge is 0.237 e. The van der Waals surface area contributed by atoms with Crippen molar-refractivity contribution in [2.24, 2.45) is 7.05 Å². The summed E-state index contributed by atoms with van der Waals surface area (Å²) in [5.74, 6) is 0. The number of hydrogen-bond donors (Lipinski definition) is 0. The molecule has 0 aliphatic rings. The Kier molecular flexibility index (Phi) is 1.76. The van der Waals surface area contributed by atoms with Crippen molar-refractivity contribution in [1.82, 2.24) is 4.40 Å². The van der Waals surface area contributed by atoms with E-state index in [9.17, 15) is 0 Å². The number of rotatable bonds is 0. The van der Waals surface area contributed by atoms with E-state index in [1.807, 2.05) is 11.3 Å². The zero-order valence-corrected chi connectivity index (χ0v) is 12.2. The van der Waals surface area contributed by atoms with E-state index in [1.54, 1.807) is 0 Å². The van der Waals surface area contributed by atoms with Gasteiger partial charge < -0.3 is 4.40 Å². The minimum atomic E-state index is 1.28. The molecule has 5 aromatic rings. The largest absolute Gasteiger partial charge is 0.309 e. The Labute approximate surface area is 119 Å². The van der Waals surface area contributed by atoms with Crippen molar-refractivity contribution in [1.29, 1.82) is 0 Å². The molecule has 4 heterocycles. The normalized spacial score (nSPS) is 12.5. The first-order valence-electron chi connectivity index (χ1n) is 6.78. The minimum Gasteiger partial charge on any atom is -0.309 e. The van der Waals surface area contributed by atoms with E-state index in [4.69, 9.17) is 0 Å². The molecule has 96 valence electrons. The van der Waals surface area contributed by atoms with Crippen molar-refractivity contribution in [3.8, 4) is 0 Å². The van der Waals surface area contributed by atoms with Gasteiger partial charge in [-0.2, -0.15) is 4.57 Å². The molecule has 0 radical (unpaired) electrons. The van der Waals surface area contributed by atoms with Crippen LogP contribution in [-0.2, 0) is 7.05 Å². The predicted octanol–water partition coefficient (Wildman–Crippen LogP) is 4.03. The van der Waals surface area contributed by atoms with E-state index in [0.29, 0.717) is 0 Å². The van der Waals surface area contributed by atoms with Gasteiger partial charge in [-0.25, -0.2) is 0 Å². The second-order valence-electron chi connectivity index (χ2n) is 5.48. The molecular weight excluding hydrogens is 264 g/mol. The Morgan fingerprint density at radius 2 is 1.95 bits per heavy atom. The average molecular weight is 277 g/mol. The molecule has 0 fully saturated rings. The van der Waals surface area contributed by atoms with Crippen molar-refractivity contribution in [2.45, 2.75) is 6.92 Å². The first-order valence-corrected chi connectivity index (χ1v) is 7.60. The lowest BCUT2D eigenvalue weighted by atomic mass is 10.0. The van der Waals surface area contributed by atoms with Crippen LogP contribution in [0.2, 0.25) is 0 Å². The SMILES string of the molecule is Cc1ccc2sc3ccn4c5ccc[n+](C)c5c1c2c34. The third-order valence-electron chi connectivity index (χ3n) is 4.34. The van der Waals surface area contributed by atoms with Crippen molar-refractivity contribution >= 4 is 48.1 Å². The van der Waals surface area contributed by atoms with Gasteiger partial charge in [-0.05, 0) is 30.7 Å². The monoisotopic (exact) mass is 277 g/mol. The molecular formula is C17H13N2S+. The van der Waals surface area contributed by atoms with E-state index in [0.717, 1.165) is 0 Å². The van der Waals surface area contributed by atoms with Crippen molar-refractivity contribution in [3.63, 3.8) is 0 Å². The first-order chi connectivity index (χ1) is 9.75. The van der Waals surface area contributed by atoms with Crippen LogP contribution in [0.4, 0.5) is 0 Å². The van der Waals surface area contributed by atoms with Gasteiger partial charge in [0.1, 0.15) is 12.6 Å². The molecule has 3 heteroatoms. The number of hydrogen-bond acceptors (Lipinski definition) is 1. The number of benzene rings is 1. The highest BCUT2D eigenvalue weighted by atomic mass is 32.1. The van der Waals surface area contributed by atoms with Gasteiger partial charge in [-0.3, -0.25) is 0 Å². The summed E-state index contributed by atoms with van der Waals surface area (Å²) in [4.78, 5) is 0. The average Bonchev–Trinajstić information content (AvgIpc) is 3.00. The maximum atomic E-state index is 2.34. The van der Waals surface area contributed by atoms with Crippen LogP contribution in [0.25, 0.3) is 36.7 Å². The topological polar surface area (TPSA) is 8.29 Å². The van der Waals surface area contributed by atoms with E-state index in [2.05, 4.69) is 65.7 Å². The highest BCUT2D eigenvalue weighted by Gasteiger charge is 2.21. The molecule has 0 amide bonds. The Bertz CT molecular complexity index is 1110. The molecule has 0 spiro atoms. The van der Waals surface area contributed by atoms with Gasteiger partial charge in [0.25, 0.3) is 0 Å². The molecule has 0 saturated carbocycles. The Balaban J connectivity index is 2.35. The second-order valence-corrected chi connectivity index (χ2v) is 6.57. The molecule has 0 aliphatic heterocycles. The lowest BCUT2D eigenvalue weighted by Gasteiger charge is -2.08. The van der Waals surface area contributed by atoms with E-state index in [1.165, 1.54) is 42.3 Å². The summed E-state index contributed by atoms with van der Waals surface area (Å²) in [7, 11) is 2.13. The van der Waals surface area contributed by atoms with Gasteiger partial charge in [0.2, 0.25) is 5.52 Å². The van der Waals surface area contributed by atoms with E-state index < -0.39 is 0 Å². The summed E-state index contributed by atoms with van der Waals surface area (Å²) in [6.45, 7) is 2.22. The van der Waals surface area contributed by atoms with Crippen LogP contribution in [0.5, 0.6) is 0 Å². The number of aromatic nitrogens is 2. The fourth-order valence-corrected chi connectivity index (χ4v) is 4.57. The van der Waals surface area contributed by atoms with Crippen LogP contribution in [0.15, 0.2) is 42.7 Å². The molecule has 0 unspecified atom stereocenters. The van der Waals surface area contributed by atoms with Gasteiger partial charge >= 0.3 is 0 Å². The molecule has 1 aromatic carbocycles. The number of fused-ring (bicyclic) bond motifs is 3. The van der Waals surface area contributed by atoms with Gasteiger partial charge in [-0.1, -0.05) is 6.07 Å². The van der Waals surface area contributed by atoms with Gasteiger partial charge in [0, 0.05) is 22.3 Å². The zero-order valence-electron chi connectivity index (χ0n) is 11.3. The Hall–Kier alpha value is -2.13. The fourth-order valence-electron chi connectivity index (χ4n) is 3.47. The second kappa shape index (κ2) is 3.30. The standard InChI is InChI=1S/C17H13N2S/c1-10-5-6-12-15-14(10)16-11(4-3-8-18(16)2)19-9-7-13(20-12)17(15)19/h3-9H,1-2H3/q+1. The lowest BCUT2D eigenvalue weighted by Crippen LogP contribution is -2.28. The molecule has 4 aromatic heterocycles. The molecule has 5 rings (SSSR count). The van der Waals surface area contributed by atoms with Crippen LogP contribution < -0.4 is 4.57 Å². The van der Waals surface area contributed by atoms with Gasteiger partial charge in [0.15, 0.2) is 6.20 Å². The van der Waals surface area contributed by atoms with Crippen molar-refractivity contribution in [3.05, 3.63) is 48.3 Å². The minimum absolute atomic E-state index is 1.28. The highest BCUT2D eigenvalue weighted by molar-refractivity contribution is 7.26. The molecule has 0 N–H and O–H groups in total. The van der Waals surface area contributed by atoms with Crippen molar-refractivity contribution in [2.75, 3.05) is 0 Å². The summed E-state index contributed by atoms with van der Waals surface area (Å²) in [6.07, 6.45) is 4.33. The molecule has 0 saturated heterocycles. The molecule has 0 atom stereocenters. The van der Waals surface area contributed by atoms with Crippen molar-refractivity contribution < 1.29 is 4.57 Å². The maximum Gasteiger partial charge on any atom is 0.237 e. The van der Waals surface area contributed by atoms with Crippen LogP contribution >= 0.6 is 11.3 Å². The Morgan fingerprint density at radius 3 is 2.85 bits per heavy atom. The van der Waals surface area contributed by atoms with Gasteiger partial charge in [-0.15, -0.1) is 11.3 Å². The van der Waals surface area contributed by atoms with Gasteiger partial charge in [0.05, 0.1) is 15.6 Å². The lowest BCUT2D eigenvalue weighted by molar-refractivity contribution is -0.644. The number of thiophene rings is 1. The molecule has 0 bridgehead atoms. The molecule has 0 aliphatic carbocycles. The summed E-state index contributed by atoms with van der Waals surface area (Å²) < 4.78 is 7.35. The summed E-state index contributed by atoms with van der Waals surface area (Å²) >= 11 is 1.89. The summed E-state index contributed by atoms with van der Waals surface area (Å²) in [5.41, 5.74) is 5.33. The number of pyridine rings is 2. The van der Waals surface area contributed by atoms with Crippen LogP contribution in [-0.4, -0.2) is 4.40 Å². The Morgan fingerprint density at radius 1 is 1.05 bits per heavy atom. The quantitative estimate of drug-likeness (QED) is 0.298. The van der Waals surface area contributed by atoms with E-state index in [-0.39, 0.29) is 0 Å². The third-order valence-corrected chi connectivity index (χ3v) is 5.45. The fraction of sp³-hybridized carbons (Fsp3) is 0.118. The third kappa shape index (κ3) is 1.05. The number of aryl methyl sites for hydroxylation is 2. The number of nitrogens with zero attached hydrogens (tertiary/aromatic N) is 2. The summed E-state index contributed by atoms with van der Waals surface area (Å²) in [6, 6.07) is 11.1.